The summed E-state index contributed by atoms with van der Waals surface area (Å²) in [6.07, 6.45) is 0.901. The highest BCUT2D eigenvalue weighted by Gasteiger charge is 2.20. The molecule has 126 valence electrons. The second-order valence-electron chi connectivity index (χ2n) is 5.49. The van der Waals surface area contributed by atoms with Gasteiger partial charge in [0.1, 0.15) is 11.4 Å². The van der Waals surface area contributed by atoms with Gasteiger partial charge < -0.3 is 10.1 Å². The van der Waals surface area contributed by atoms with Gasteiger partial charge in [0.25, 0.3) is 11.6 Å². The molecule has 2 aromatic carbocycles. The van der Waals surface area contributed by atoms with Gasteiger partial charge in [0.15, 0.2) is 0 Å². The zero-order chi connectivity index (χ0) is 17.7. The molecule has 0 saturated heterocycles. The largest absolute Gasteiger partial charge is 0.494 e. The van der Waals surface area contributed by atoms with Crippen LogP contribution in [0, 0.1) is 24.0 Å². The van der Waals surface area contributed by atoms with Gasteiger partial charge in [0.2, 0.25) is 0 Å². The Morgan fingerprint density at radius 3 is 2.42 bits per heavy atom. The highest BCUT2D eigenvalue weighted by Crippen LogP contribution is 2.30. The van der Waals surface area contributed by atoms with Crippen LogP contribution in [0.5, 0.6) is 5.75 Å². The first-order valence-corrected chi connectivity index (χ1v) is 7.72. The Balaban J connectivity index is 2.23. The van der Waals surface area contributed by atoms with Crippen LogP contribution in [-0.2, 0) is 0 Å². The molecule has 0 aliphatic heterocycles. The molecular formula is C18H20N2O4. The third-order valence-corrected chi connectivity index (χ3v) is 3.74. The molecular weight excluding hydrogens is 308 g/mol. The summed E-state index contributed by atoms with van der Waals surface area (Å²) >= 11 is 0. The van der Waals surface area contributed by atoms with Crippen molar-refractivity contribution in [2.24, 2.45) is 0 Å². The van der Waals surface area contributed by atoms with Gasteiger partial charge >= 0.3 is 0 Å². The lowest BCUT2D eigenvalue weighted by Gasteiger charge is -2.11. The molecule has 2 aromatic rings. The molecule has 24 heavy (non-hydrogen) atoms. The SMILES string of the molecule is CCCOc1ccc(C(=O)Nc2c([N+](=O)[O-])ccc(C)c2C)cc1. The quantitative estimate of drug-likeness (QED) is 0.635. The maximum Gasteiger partial charge on any atom is 0.293 e. The summed E-state index contributed by atoms with van der Waals surface area (Å²) in [6.45, 7) is 6.22. The normalized spacial score (nSPS) is 10.3. The van der Waals surface area contributed by atoms with Crippen LogP contribution in [0.15, 0.2) is 36.4 Å². The summed E-state index contributed by atoms with van der Waals surface area (Å²) in [4.78, 5) is 23.1. The Hall–Kier alpha value is -2.89. The molecule has 0 heterocycles. The number of benzene rings is 2. The van der Waals surface area contributed by atoms with Crippen LogP contribution in [-0.4, -0.2) is 17.4 Å². The van der Waals surface area contributed by atoms with E-state index in [0.29, 0.717) is 23.5 Å². The first-order valence-electron chi connectivity index (χ1n) is 7.72. The molecule has 0 aliphatic rings. The van der Waals surface area contributed by atoms with E-state index in [1.54, 1.807) is 37.3 Å². The van der Waals surface area contributed by atoms with E-state index in [2.05, 4.69) is 5.32 Å². The van der Waals surface area contributed by atoms with Crippen molar-refractivity contribution in [3.63, 3.8) is 0 Å². The summed E-state index contributed by atoms with van der Waals surface area (Å²) < 4.78 is 5.47. The number of hydrogen-bond donors (Lipinski definition) is 1. The number of nitrogens with one attached hydrogen (secondary N) is 1. The van der Waals surface area contributed by atoms with Crippen LogP contribution in [0.2, 0.25) is 0 Å². The molecule has 0 atom stereocenters. The van der Waals surface area contributed by atoms with Crippen molar-refractivity contribution < 1.29 is 14.5 Å². The molecule has 0 radical (unpaired) electrons. The Bertz CT molecular complexity index is 754. The van der Waals surface area contributed by atoms with Crippen LogP contribution in [0.3, 0.4) is 0 Å². The number of ether oxygens (including phenoxy) is 1. The zero-order valence-corrected chi connectivity index (χ0v) is 14.0. The summed E-state index contributed by atoms with van der Waals surface area (Å²) in [5.74, 6) is 0.292. The average molecular weight is 328 g/mol. The van der Waals surface area contributed by atoms with Gasteiger partial charge in [0, 0.05) is 11.6 Å². The van der Waals surface area contributed by atoms with Crippen molar-refractivity contribution in [3.05, 3.63) is 63.2 Å². The fourth-order valence-electron chi connectivity index (χ4n) is 2.22. The number of nitro groups is 1. The first-order chi connectivity index (χ1) is 11.4. The summed E-state index contributed by atoms with van der Waals surface area (Å²) in [5.41, 5.74) is 2.08. The van der Waals surface area contributed by atoms with E-state index in [4.69, 9.17) is 4.74 Å². The number of amides is 1. The number of anilines is 1. The van der Waals surface area contributed by atoms with Crippen molar-refractivity contribution in [1.82, 2.24) is 0 Å². The second kappa shape index (κ2) is 7.59. The molecule has 0 spiro atoms. The van der Waals surface area contributed by atoms with Crippen LogP contribution < -0.4 is 10.1 Å². The van der Waals surface area contributed by atoms with Crippen molar-refractivity contribution >= 4 is 17.3 Å². The molecule has 6 nitrogen and oxygen atoms in total. The fourth-order valence-corrected chi connectivity index (χ4v) is 2.22. The van der Waals surface area contributed by atoms with Gasteiger partial charge in [-0.1, -0.05) is 13.0 Å². The minimum Gasteiger partial charge on any atom is -0.494 e. The lowest BCUT2D eigenvalue weighted by Crippen LogP contribution is -2.14. The second-order valence-corrected chi connectivity index (χ2v) is 5.49. The van der Waals surface area contributed by atoms with Crippen molar-refractivity contribution in [3.8, 4) is 5.75 Å². The maximum atomic E-state index is 12.4. The van der Waals surface area contributed by atoms with Gasteiger partial charge in [-0.25, -0.2) is 0 Å². The number of nitrogens with zero attached hydrogens (tertiary/aromatic N) is 1. The molecule has 0 bridgehead atoms. The number of aryl methyl sites for hydroxylation is 1. The predicted molar refractivity (Wildman–Crippen MR) is 92.8 cm³/mol. The van der Waals surface area contributed by atoms with Crippen molar-refractivity contribution in [2.45, 2.75) is 27.2 Å². The van der Waals surface area contributed by atoms with E-state index in [9.17, 15) is 14.9 Å². The molecule has 6 heteroatoms. The maximum absolute atomic E-state index is 12.4. The molecule has 0 saturated carbocycles. The number of rotatable bonds is 6. The van der Waals surface area contributed by atoms with Gasteiger partial charge in [-0.3, -0.25) is 14.9 Å². The number of carbonyl (C=O) groups excluding carboxylic acids is 1. The van der Waals surface area contributed by atoms with E-state index < -0.39 is 10.8 Å². The lowest BCUT2D eigenvalue weighted by atomic mass is 10.1. The monoisotopic (exact) mass is 328 g/mol. The van der Waals surface area contributed by atoms with E-state index in [-0.39, 0.29) is 11.4 Å². The molecule has 0 fully saturated rings. The van der Waals surface area contributed by atoms with Gasteiger partial charge in [-0.2, -0.15) is 0 Å². The third kappa shape index (κ3) is 3.90. The number of carbonyl (C=O) groups is 1. The van der Waals surface area contributed by atoms with Gasteiger partial charge in [-0.15, -0.1) is 0 Å². The van der Waals surface area contributed by atoms with E-state index >= 15 is 0 Å². The van der Waals surface area contributed by atoms with E-state index in [1.807, 2.05) is 13.8 Å². The number of hydrogen-bond acceptors (Lipinski definition) is 4. The average Bonchev–Trinajstić information content (AvgIpc) is 2.57. The Morgan fingerprint density at radius 1 is 1.17 bits per heavy atom. The highest BCUT2D eigenvalue weighted by molar-refractivity contribution is 6.06. The molecule has 0 unspecified atom stereocenters. The summed E-state index contributed by atoms with van der Waals surface area (Å²) in [7, 11) is 0. The Labute approximate surface area is 140 Å². The van der Waals surface area contributed by atoms with Gasteiger partial charge in [-0.05, 0) is 55.7 Å². The molecule has 1 N–H and O–H groups in total. The fraction of sp³-hybridized carbons (Fsp3) is 0.278. The van der Waals surface area contributed by atoms with Crippen LogP contribution >= 0.6 is 0 Å². The standard InChI is InChI=1S/C18H20N2O4/c1-4-11-24-15-8-6-14(7-9-15)18(21)19-17-13(3)12(2)5-10-16(17)20(22)23/h5-10H,4,11H2,1-3H3,(H,19,21). The highest BCUT2D eigenvalue weighted by atomic mass is 16.6. The molecule has 1 amide bonds. The van der Waals surface area contributed by atoms with Crippen molar-refractivity contribution in [2.75, 3.05) is 11.9 Å². The molecule has 2 rings (SSSR count). The topological polar surface area (TPSA) is 81.5 Å². The first kappa shape index (κ1) is 17.5. The van der Waals surface area contributed by atoms with Crippen LogP contribution in [0.4, 0.5) is 11.4 Å². The van der Waals surface area contributed by atoms with Gasteiger partial charge in [0.05, 0.1) is 11.5 Å². The minimum atomic E-state index is -0.496. The van der Waals surface area contributed by atoms with Crippen LogP contribution in [0.25, 0.3) is 0 Å². The molecule has 0 aromatic heterocycles. The zero-order valence-electron chi connectivity index (χ0n) is 14.0. The van der Waals surface area contributed by atoms with Crippen molar-refractivity contribution in [1.29, 1.82) is 0 Å². The summed E-state index contributed by atoms with van der Waals surface area (Å²) in [5, 5.41) is 13.8. The van der Waals surface area contributed by atoms with E-state index in [0.717, 1.165) is 12.0 Å². The predicted octanol–water partition coefficient (Wildman–Crippen LogP) is 4.25. The number of nitro benzene ring substituents is 1. The van der Waals surface area contributed by atoms with Crippen LogP contribution in [0.1, 0.15) is 34.8 Å². The minimum absolute atomic E-state index is 0.116. The lowest BCUT2D eigenvalue weighted by molar-refractivity contribution is -0.384. The third-order valence-electron chi connectivity index (χ3n) is 3.74. The summed E-state index contributed by atoms with van der Waals surface area (Å²) in [6, 6.07) is 9.77. The Morgan fingerprint density at radius 2 is 1.83 bits per heavy atom. The van der Waals surface area contributed by atoms with E-state index in [1.165, 1.54) is 6.07 Å². The smallest absolute Gasteiger partial charge is 0.293 e. The Kier molecular flexibility index (Phi) is 5.52. The molecule has 0 aliphatic carbocycles.